The van der Waals surface area contributed by atoms with Gasteiger partial charge in [-0.3, -0.25) is 14.4 Å². The van der Waals surface area contributed by atoms with Crippen LogP contribution in [0.2, 0.25) is 0 Å². The molecule has 3 atom stereocenters. The van der Waals surface area contributed by atoms with Gasteiger partial charge in [-0.05, 0) is 48.0 Å². The predicted molar refractivity (Wildman–Crippen MR) is 119 cm³/mol. The number of amides is 2. The standard InChI is InChI=1S/C25H20N2O6/c1-32-17-13-11-15(12-14-17)26-23(28)20-21(18-9-5-6-10-19(18)25(30)31)27(33-22(20)24(26)29)16-7-3-2-4-8-16/h2-14,20-22H,1H3,(H,30,31)/t20-,21+,22-/m0/s1. The van der Waals surface area contributed by atoms with E-state index in [9.17, 15) is 19.5 Å². The summed E-state index contributed by atoms with van der Waals surface area (Å²) in [5.41, 5.74) is 1.48. The van der Waals surface area contributed by atoms with Crippen molar-refractivity contribution in [1.82, 2.24) is 0 Å². The SMILES string of the molecule is COc1ccc(N2C(=O)[C@@H]3[C@H](ON(c4ccccc4)[C@@H]3c3ccccc3C(=O)O)C2=O)cc1. The molecule has 2 fully saturated rings. The van der Waals surface area contributed by atoms with Crippen LogP contribution in [0.4, 0.5) is 11.4 Å². The summed E-state index contributed by atoms with van der Waals surface area (Å²) in [6, 6.07) is 21.3. The second kappa shape index (κ2) is 8.07. The molecule has 2 heterocycles. The van der Waals surface area contributed by atoms with E-state index in [1.54, 1.807) is 66.7 Å². The van der Waals surface area contributed by atoms with E-state index in [0.29, 0.717) is 22.7 Å². The zero-order valence-corrected chi connectivity index (χ0v) is 17.6. The smallest absolute Gasteiger partial charge is 0.336 e. The molecule has 8 nitrogen and oxygen atoms in total. The monoisotopic (exact) mass is 444 g/mol. The molecule has 1 N–H and O–H groups in total. The van der Waals surface area contributed by atoms with Gasteiger partial charge in [0.2, 0.25) is 5.91 Å². The van der Waals surface area contributed by atoms with Gasteiger partial charge in [0.1, 0.15) is 11.7 Å². The number of hydrogen-bond acceptors (Lipinski definition) is 6. The number of aromatic carboxylic acids is 1. The number of carbonyl (C=O) groups is 3. The Morgan fingerprint density at radius 2 is 1.55 bits per heavy atom. The van der Waals surface area contributed by atoms with E-state index < -0.39 is 35.8 Å². The highest BCUT2D eigenvalue weighted by molar-refractivity contribution is 6.24. The molecule has 2 aliphatic rings. The molecule has 0 unspecified atom stereocenters. The summed E-state index contributed by atoms with van der Waals surface area (Å²) in [4.78, 5) is 46.1. The predicted octanol–water partition coefficient (Wildman–Crippen LogP) is 3.44. The Morgan fingerprint density at radius 1 is 0.879 bits per heavy atom. The van der Waals surface area contributed by atoms with Gasteiger partial charge >= 0.3 is 5.97 Å². The zero-order valence-electron chi connectivity index (χ0n) is 17.6. The van der Waals surface area contributed by atoms with Crippen molar-refractivity contribution in [1.29, 1.82) is 0 Å². The Morgan fingerprint density at radius 3 is 2.21 bits per heavy atom. The number of para-hydroxylation sites is 1. The van der Waals surface area contributed by atoms with Gasteiger partial charge in [0.05, 0.1) is 30.1 Å². The maximum atomic E-state index is 13.6. The molecule has 0 radical (unpaired) electrons. The highest BCUT2D eigenvalue weighted by atomic mass is 16.7. The zero-order chi connectivity index (χ0) is 23.1. The molecular formula is C25H20N2O6. The van der Waals surface area contributed by atoms with Crippen molar-refractivity contribution in [3.63, 3.8) is 0 Å². The summed E-state index contributed by atoms with van der Waals surface area (Å²) in [5.74, 6) is -2.38. The number of anilines is 2. The molecule has 2 aliphatic heterocycles. The number of hydrogen-bond donors (Lipinski definition) is 1. The number of rotatable bonds is 5. The summed E-state index contributed by atoms with van der Waals surface area (Å²) in [6.45, 7) is 0. The van der Waals surface area contributed by atoms with Crippen LogP contribution in [0.25, 0.3) is 0 Å². The average Bonchev–Trinajstić information content (AvgIpc) is 3.35. The number of imide groups is 1. The van der Waals surface area contributed by atoms with Gasteiger partial charge < -0.3 is 9.84 Å². The molecule has 8 heteroatoms. The van der Waals surface area contributed by atoms with Gasteiger partial charge in [0, 0.05) is 0 Å². The van der Waals surface area contributed by atoms with Gasteiger partial charge in [-0.25, -0.2) is 14.8 Å². The topological polar surface area (TPSA) is 96.4 Å². The Hall–Kier alpha value is -4.17. The van der Waals surface area contributed by atoms with Gasteiger partial charge in [-0.2, -0.15) is 0 Å². The third-order valence-corrected chi connectivity index (χ3v) is 5.97. The van der Waals surface area contributed by atoms with E-state index in [0.717, 1.165) is 4.90 Å². The molecular weight excluding hydrogens is 424 g/mol. The highest BCUT2D eigenvalue weighted by Crippen LogP contribution is 2.48. The molecule has 3 aromatic carbocycles. The maximum Gasteiger partial charge on any atom is 0.336 e. The van der Waals surface area contributed by atoms with E-state index in [-0.39, 0.29) is 5.56 Å². The van der Waals surface area contributed by atoms with Crippen molar-refractivity contribution >= 4 is 29.2 Å². The van der Waals surface area contributed by atoms with Crippen LogP contribution in [0, 0.1) is 5.92 Å². The third-order valence-electron chi connectivity index (χ3n) is 5.97. The maximum absolute atomic E-state index is 13.6. The summed E-state index contributed by atoms with van der Waals surface area (Å²) in [5, 5.41) is 11.3. The largest absolute Gasteiger partial charge is 0.497 e. The first kappa shape index (κ1) is 20.7. The van der Waals surface area contributed by atoms with Crippen molar-refractivity contribution in [2.75, 3.05) is 17.1 Å². The summed E-state index contributed by atoms with van der Waals surface area (Å²) in [7, 11) is 1.53. The lowest BCUT2D eigenvalue weighted by Gasteiger charge is -2.29. The third kappa shape index (κ3) is 3.32. The van der Waals surface area contributed by atoms with E-state index in [1.807, 2.05) is 6.07 Å². The first-order valence-corrected chi connectivity index (χ1v) is 10.4. The number of ether oxygens (including phenoxy) is 1. The van der Waals surface area contributed by atoms with Crippen molar-refractivity contribution in [2.24, 2.45) is 5.92 Å². The fourth-order valence-corrected chi connectivity index (χ4v) is 4.46. The van der Waals surface area contributed by atoms with E-state index in [1.165, 1.54) is 18.2 Å². The molecule has 0 saturated carbocycles. The number of carboxylic acids is 1. The quantitative estimate of drug-likeness (QED) is 0.602. The van der Waals surface area contributed by atoms with Gasteiger partial charge in [0.15, 0.2) is 6.10 Å². The molecule has 0 spiro atoms. The van der Waals surface area contributed by atoms with Crippen molar-refractivity contribution in [3.8, 4) is 5.75 Å². The van der Waals surface area contributed by atoms with Crippen molar-refractivity contribution < 1.29 is 29.1 Å². The number of fused-ring (bicyclic) bond motifs is 1. The Kier molecular flexibility index (Phi) is 5.07. The van der Waals surface area contributed by atoms with E-state index in [4.69, 9.17) is 9.57 Å². The average molecular weight is 444 g/mol. The first-order valence-electron chi connectivity index (χ1n) is 10.4. The van der Waals surface area contributed by atoms with Crippen LogP contribution >= 0.6 is 0 Å². The van der Waals surface area contributed by atoms with E-state index >= 15 is 0 Å². The van der Waals surface area contributed by atoms with Crippen molar-refractivity contribution in [3.05, 3.63) is 90.0 Å². The number of hydroxylamine groups is 1. The van der Waals surface area contributed by atoms with Crippen LogP contribution in [0.15, 0.2) is 78.9 Å². The molecule has 0 aromatic heterocycles. The fourth-order valence-electron chi connectivity index (χ4n) is 4.46. The Balaban J connectivity index is 1.61. The fraction of sp³-hybridized carbons (Fsp3) is 0.160. The van der Waals surface area contributed by atoms with Crippen LogP contribution in [-0.2, 0) is 14.4 Å². The molecule has 3 aromatic rings. The van der Waals surface area contributed by atoms with Gasteiger partial charge in [-0.15, -0.1) is 0 Å². The lowest BCUT2D eigenvalue weighted by molar-refractivity contribution is -0.126. The van der Waals surface area contributed by atoms with Gasteiger partial charge in [-0.1, -0.05) is 36.4 Å². The molecule has 0 aliphatic carbocycles. The Bertz CT molecular complexity index is 1230. The minimum Gasteiger partial charge on any atom is -0.497 e. The number of carboxylic acid groups (broad SMARTS) is 1. The lowest BCUT2D eigenvalue weighted by atomic mass is 9.88. The van der Waals surface area contributed by atoms with Crippen LogP contribution in [0.1, 0.15) is 22.0 Å². The van der Waals surface area contributed by atoms with Crippen LogP contribution in [-0.4, -0.2) is 36.1 Å². The van der Waals surface area contributed by atoms with Crippen molar-refractivity contribution in [2.45, 2.75) is 12.1 Å². The number of benzene rings is 3. The lowest BCUT2D eigenvalue weighted by Crippen LogP contribution is -2.37. The second-order valence-corrected chi connectivity index (χ2v) is 7.76. The van der Waals surface area contributed by atoms with Crippen LogP contribution < -0.4 is 14.7 Å². The number of carbonyl (C=O) groups excluding carboxylic acids is 2. The minimum absolute atomic E-state index is 0.0517. The van der Waals surface area contributed by atoms with Gasteiger partial charge in [0.25, 0.3) is 5.91 Å². The second-order valence-electron chi connectivity index (χ2n) is 7.76. The summed E-state index contributed by atoms with van der Waals surface area (Å²) >= 11 is 0. The molecule has 2 amide bonds. The Labute approximate surface area is 189 Å². The summed E-state index contributed by atoms with van der Waals surface area (Å²) in [6.07, 6.45) is -1.08. The van der Waals surface area contributed by atoms with Crippen LogP contribution in [0.3, 0.4) is 0 Å². The van der Waals surface area contributed by atoms with E-state index in [2.05, 4.69) is 0 Å². The number of nitrogens with zero attached hydrogens (tertiary/aromatic N) is 2. The normalized spacial score (nSPS) is 21.9. The number of methoxy groups -OCH3 is 1. The molecule has 2 saturated heterocycles. The molecule has 33 heavy (non-hydrogen) atoms. The molecule has 0 bridgehead atoms. The first-order chi connectivity index (χ1) is 16.0. The minimum atomic E-state index is -1.12. The van der Waals surface area contributed by atoms with Crippen LogP contribution in [0.5, 0.6) is 5.75 Å². The molecule has 5 rings (SSSR count). The highest BCUT2D eigenvalue weighted by Gasteiger charge is 2.60. The summed E-state index contributed by atoms with van der Waals surface area (Å²) < 4.78 is 5.16. The molecule has 166 valence electrons.